The van der Waals surface area contributed by atoms with E-state index in [0.717, 1.165) is 6.07 Å². The number of benzene rings is 1. The van der Waals surface area contributed by atoms with Gasteiger partial charge in [0, 0.05) is 6.42 Å². The fraction of sp³-hybridized carbons (Fsp3) is 0.111. The molecule has 3 N–H and O–H groups in total. The standard InChI is InChI=1S/C9H8O5/c10-6-2-1-5(3-7(6)11)4-8(12)9(13)14/h1-3,10-11H,4H2,(H,13,14). The van der Waals surface area contributed by atoms with Gasteiger partial charge < -0.3 is 15.3 Å². The quantitative estimate of drug-likeness (QED) is 0.477. The van der Waals surface area contributed by atoms with Gasteiger partial charge in [0.25, 0.3) is 0 Å². The van der Waals surface area contributed by atoms with Gasteiger partial charge in [0.2, 0.25) is 5.78 Å². The van der Waals surface area contributed by atoms with Gasteiger partial charge in [0.05, 0.1) is 0 Å². The van der Waals surface area contributed by atoms with E-state index in [0.29, 0.717) is 5.56 Å². The number of aromatic hydroxyl groups is 2. The third-order valence-corrected chi connectivity index (χ3v) is 1.64. The summed E-state index contributed by atoms with van der Waals surface area (Å²) in [5.41, 5.74) is 0.340. The molecule has 74 valence electrons. The second-order valence-corrected chi connectivity index (χ2v) is 2.73. The highest BCUT2D eigenvalue weighted by Crippen LogP contribution is 2.24. The van der Waals surface area contributed by atoms with Crippen molar-refractivity contribution in [1.29, 1.82) is 0 Å². The van der Waals surface area contributed by atoms with Crippen LogP contribution in [0.5, 0.6) is 11.5 Å². The van der Waals surface area contributed by atoms with Crippen molar-refractivity contribution in [1.82, 2.24) is 0 Å². The highest BCUT2D eigenvalue weighted by atomic mass is 16.4. The van der Waals surface area contributed by atoms with Crippen molar-refractivity contribution in [3.05, 3.63) is 23.8 Å². The van der Waals surface area contributed by atoms with E-state index in [1.807, 2.05) is 0 Å². The Balaban J connectivity index is 2.83. The molecular weight excluding hydrogens is 188 g/mol. The fourth-order valence-corrected chi connectivity index (χ4v) is 0.940. The van der Waals surface area contributed by atoms with Crippen molar-refractivity contribution in [2.24, 2.45) is 0 Å². The maximum absolute atomic E-state index is 10.8. The fourth-order valence-electron chi connectivity index (χ4n) is 0.940. The van der Waals surface area contributed by atoms with Crippen molar-refractivity contribution >= 4 is 11.8 Å². The van der Waals surface area contributed by atoms with E-state index in [2.05, 4.69) is 0 Å². The molecule has 5 nitrogen and oxygen atoms in total. The zero-order chi connectivity index (χ0) is 10.7. The number of hydrogen-bond acceptors (Lipinski definition) is 4. The first-order valence-corrected chi connectivity index (χ1v) is 3.77. The van der Waals surface area contributed by atoms with Crippen LogP contribution in [0.1, 0.15) is 5.56 Å². The molecule has 0 unspecified atom stereocenters. The average Bonchev–Trinajstić information content (AvgIpc) is 2.11. The largest absolute Gasteiger partial charge is 0.504 e. The van der Waals surface area contributed by atoms with Gasteiger partial charge in [0.1, 0.15) is 0 Å². The molecule has 0 radical (unpaired) electrons. The molecule has 0 aliphatic heterocycles. The van der Waals surface area contributed by atoms with Crippen LogP contribution in [0.4, 0.5) is 0 Å². The molecule has 0 saturated heterocycles. The third kappa shape index (κ3) is 2.22. The lowest BCUT2D eigenvalue weighted by Gasteiger charge is -2.00. The summed E-state index contributed by atoms with van der Waals surface area (Å²) < 4.78 is 0. The van der Waals surface area contributed by atoms with E-state index >= 15 is 0 Å². The van der Waals surface area contributed by atoms with Gasteiger partial charge in [-0.1, -0.05) is 6.07 Å². The topological polar surface area (TPSA) is 94.8 Å². The Morgan fingerprint density at radius 3 is 2.29 bits per heavy atom. The van der Waals surface area contributed by atoms with Crippen LogP contribution >= 0.6 is 0 Å². The highest BCUT2D eigenvalue weighted by molar-refractivity contribution is 6.33. The summed E-state index contributed by atoms with van der Waals surface area (Å²) in [6.45, 7) is 0. The van der Waals surface area contributed by atoms with Crippen molar-refractivity contribution in [3.8, 4) is 11.5 Å². The molecule has 0 aliphatic carbocycles. The maximum Gasteiger partial charge on any atom is 0.372 e. The number of rotatable bonds is 3. The van der Waals surface area contributed by atoms with Gasteiger partial charge in [-0.15, -0.1) is 0 Å². The number of phenols is 2. The maximum atomic E-state index is 10.8. The summed E-state index contributed by atoms with van der Waals surface area (Å²) in [5.74, 6) is -3.16. The van der Waals surface area contributed by atoms with Crippen LogP contribution in [0, 0.1) is 0 Å². The molecule has 0 heterocycles. The molecule has 0 spiro atoms. The lowest BCUT2D eigenvalue weighted by molar-refractivity contribution is -0.148. The van der Waals surface area contributed by atoms with Crippen LogP contribution < -0.4 is 0 Å². The van der Waals surface area contributed by atoms with Gasteiger partial charge in [-0.2, -0.15) is 0 Å². The van der Waals surface area contributed by atoms with E-state index in [4.69, 9.17) is 15.3 Å². The summed E-state index contributed by atoms with van der Waals surface area (Å²) in [6, 6.07) is 3.71. The zero-order valence-electron chi connectivity index (χ0n) is 7.10. The number of phenolic OH excluding ortho intramolecular Hbond substituents is 2. The number of carboxylic acids is 1. The van der Waals surface area contributed by atoms with Crippen LogP contribution in [0.15, 0.2) is 18.2 Å². The number of carboxylic acid groups (broad SMARTS) is 1. The summed E-state index contributed by atoms with van der Waals surface area (Å²) >= 11 is 0. The normalized spacial score (nSPS) is 9.71. The average molecular weight is 196 g/mol. The first-order chi connectivity index (χ1) is 6.50. The second kappa shape index (κ2) is 3.78. The van der Waals surface area contributed by atoms with Crippen molar-refractivity contribution in [2.45, 2.75) is 6.42 Å². The second-order valence-electron chi connectivity index (χ2n) is 2.73. The molecule has 0 amide bonds. The Labute approximate surface area is 79.2 Å². The van der Waals surface area contributed by atoms with Crippen molar-refractivity contribution in [3.63, 3.8) is 0 Å². The predicted octanol–water partition coefficient (Wildman–Crippen LogP) is 0.294. The van der Waals surface area contributed by atoms with Crippen LogP contribution in [-0.2, 0) is 16.0 Å². The predicted molar refractivity (Wildman–Crippen MR) is 46.1 cm³/mol. The molecule has 0 bridgehead atoms. The number of Topliss-reactive ketones (excluding diaryl/α,β-unsaturated/α-hetero) is 1. The van der Waals surface area contributed by atoms with E-state index in [-0.39, 0.29) is 17.9 Å². The molecule has 0 aliphatic rings. The summed E-state index contributed by atoms with van der Waals surface area (Å²) in [7, 11) is 0. The Morgan fingerprint density at radius 2 is 1.79 bits per heavy atom. The number of ketones is 1. The van der Waals surface area contributed by atoms with E-state index in [1.54, 1.807) is 0 Å². The number of hydrogen-bond donors (Lipinski definition) is 3. The lowest BCUT2D eigenvalue weighted by Crippen LogP contribution is -2.14. The van der Waals surface area contributed by atoms with Crippen LogP contribution in [0.2, 0.25) is 0 Å². The minimum absolute atomic E-state index is 0.302. The Bertz CT molecular complexity index is 383. The van der Waals surface area contributed by atoms with Crippen molar-refractivity contribution < 1.29 is 24.9 Å². The molecule has 0 aromatic heterocycles. The molecular formula is C9H8O5. The van der Waals surface area contributed by atoms with Gasteiger partial charge >= 0.3 is 5.97 Å². The zero-order valence-corrected chi connectivity index (χ0v) is 7.10. The molecule has 14 heavy (non-hydrogen) atoms. The number of carbonyl (C=O) groups is 2. The third-order valence-electron chi connectivity index (χ3n) is 1.64. The molecule has 1 rings (SSSR count). The van der Waals surface area contributed by atoms with E-state index in [9.17, 15) is 9.59 Å². The Hall–Kier alpha value is -2.04. The van der Waals surface area contributed by atoms with Gasteiger partial charge in [-0.05, 0) is 17.7 Å². The first-order valence-electron chi connectivity index (χ1n) is 3.77. The smallest absolute Gasteiger partial charge is 0.372 e. The Kier molecular flexibility index (Phi) is 2.71. The monoisotopic (exact) mass is 196 g/mol. The number of carbonyl (C=O) groups excluding carboxylic acids is 1. The minimum Gasteiger partial charge on any atom is -0.504 e. The molecule has 0 fully saturated rings. The highest BCUT2D eigenvalue weighted by Gasteiger charge is 2.12. The first kappa shape index (κ1) is 10.0. The van der Waals surface area contributed by atoms with Crippen LogP contribution in [-0.4, -0.2) is 27.1 Å². The summed E-state index contributed by atoms with van der Waals surface area (Å²) in [4.78, 5) is 21.0. The molecule has 5 heteroatoms. The van der Waals surface area contributed by atoms with Gasteiger partial charge in [-0.25, -0.2) is 4.79 Å². The molecule has 1 aromatic rings. The van der Waals surface area contributed by atoms with E-state index < -0.39 is 11.8 Å². The number of aliphatic carboxylic acids is 1. The van der Waals surface area contributed by atoms with Crippen LogP contribution in [0.25, 0.3) is 0 Å². The Morgan fingerprint density at radius 1 is 1.14 bits per heavy atom. The molecule has 0 atom stereocenters. The lowest BCUT2D eigenvalue weighted by atomic mass is 10.1. The SMILES string of the molecule is O=C(O)C(=O)Cc1ccc(O)c(O)c1. The van der Waals surface area contributed by atoms with Crippen molar-refractivity contribution in [2.75, 3.05) is 0 Å². The van der Waals surface area contributed by atoms with Crippen LogP contribution in [0.3, 0.4) is 0 Å². The minimum atomic E-state index is -1.52. The summed E-state index contributed by atoms with van der Waals surface area (Å²) in [5, 5.41) is 26.3. The summed E-state index contributed by atoms with van der Waals surface area (Å²) in [6.07, 6.45) is -0.302. The van der Waals surface area contributed by atoms with E-state index in [1.165, 1.54) is 12.1 Å². The molecule has 1 aromatic carbocycles. The van der Waals surface area contributed by atoms with Gasteiger partial charge in [0.15, 0.2) is 11.5 Å². The van der Waals surface area contributed by atoms with Gasteiger partial charge in [-0.3, -0.25) is 4.79 Å². The molecule has 0 saturated carbocycles.